The molecule has 0 atom stereocenters. The van der Waals surface area contributed by atoms with Crippen molar-refractivity contribution in [2.75, 3.05) is 0 Å². The zero-order valence-corrected chi connectivity index (χ0v) is 20.3. The first-order valence-corrected chi connectivity index (χ1v) is 11.8. The summed E-state index contributed by atoms with van der Waals surface area (Å²) >= 11 is 0. The quantitative estimate of drug-likeness (QED) is 0.216. The number of rotatable bonds is 8. The predicted octanol–water partition coefficient (Wildman–Crippen LogP) is 9.06. The van der Waals surface area contributed by atoms with E-state index in [1.165, 1.54) is 25.7 Å². The topological polar surface area (TPSA) is 0 Å². The Kier molecular flexibility index (Phi) is 9.99. The van der Waals surface area contributed by atoms with E-state index in [9.17, 15) is 17.3 Å². The van der Waals surface area contributed by atoms with Gasteiger partial charge in [0.1, 0.15) is 0 Å². The van der Waals surface area contributed by atoms with Gasteiger partial charge in [-0.1, -0.05) is 27.7 Å². The van der Waals surface area contributed by atoms with Gasteiger partial charge in [0.15, 0.2) is 0 Å². The molecule has 160 valence electrons. The summed E-state index contributed by atoms with van der Waals surface area (Å²) in [6, 6.07) is 0. The fourth-order valence-electron chi connectivity index (χ4n) is 5.86. The van der Waals surface area contributed by atoms with Crippen LogP contribution in [0, 0.1) is 0 Å². The highest BCUT2D eigenvalue weighted by Gasteiger charge is 2.73. The van der Waals surface area contributed by atoms with Crippen molar-refractivity contribution in [3.05, 3.63) is 0 Å². The second kappa shape index (κ2) is 9.14. The normalized spacial score (nSPS) is 14.8. The molecule has 0 nitrogen and oxygen atoms in total. The summed E-state index contributed by atoms with van der Waals surface area (Å²) in [5.74, 6) is 0. The average molecular weight is 402 g/mol. The molecule has 0 radical (unpaired) electrons. The zero-order chi connectivity index (χ0) is 21.8. The van der Waals surface area contributed by atoms with Gasteiger partial charge in [-0.05, 0) is 81.1 Å². The van der Waals surface area contributed by atoms with Gasteiger partial charge in [0.2, 0.25) is 0 Å². The molecule has 0 bridgehead atoms. The molecule has 0 aromatic carbocycles. The lowest BCUT2D eigenvalue weighted by Crippen LogP contribution is -2.55. The van der Waals surface area contributed by atoms with E-state index >= 15 is 0 Å². The third-order valence-electron chi connectivity index (χ3n) is 7.09. The van der Waals surface area contributed by atoms with Gasteiger partial charge in [-0.3, -0.25) is 0 Å². The van der Waals surface area contributed by atoms with E-state index in [-0.39, 0.29) is 0 Å². The maximum absolute atomic E-state index is 9.75. The molecule has 0 aromatic heterocycles. The highest BCUT2D eigenvalue weighted by molar-refractivity contribution is 7.81. The molecule has 0 aliphatic heterocycles. The van der Waals surface area contributed by atoms with Crippen molar-refractivity contribution in [2.24, 2.45) is 0 Å². The molecule has 0 fully saturated rings. The summed E-state index contributed by atoms with van der Waals surface area (Å²) in [4.78, 5) is 0. The van der Waals surface area contributed by atoms with E-state index < -0.39 is 14.5 Å². The Morgan fingerprint density at radius 3 is 0.692 bits per heavy atom. The lowest BCUT2D eigenvalue weighted by atomic mass is 10.1. The van der Waals surface area contributed by atoms with E-state index in [4.69, 9.17) is 0 Å². The smallest absolute Gasteiger partial charge is 0.418 e. The van der Waals surface area contributed by atoms with Gasteiger partial charge in [0.05, 0.1) is 20.6 Å². The van der Waals surface area contributed by atoms with Crippen molar-refractivity contribution < 1.29 is 17.3 Å². The maximum atomic E-state index is 9.75. The van der Waals surface area contributed by atoms with E-state index in [0.29, 0.717) is 20.6 Å². The van der Waals surface area contributed by atoms with Crippen LogP contribution in [0.1, 0.15) is 109 Å². The van der Waals surface area contributed by atoms with Crippen LogP contribution >= 0.6 is 7.26 Å². The van der Waals surface area contributed by atoms with Crippen LogP contribution in [0.2, 0.25) is 0 Å². The summed E-state index contributed by atoms with van der Waals surface area (Å²) < 4.78 is 39.0. The minimum absolute atomic E-state index is 0.422. The van der Waals surface area contributed by atoms with Crippen LogP contribution in [-0.4, -0.2) is 27.9 Å². The Labute approximate surface area is 161 Å². The largest absolute Gasteiger partial charge is 0.673 e. The summed E-state index contributed by atoms with van der Waals surface area (Å²) in [5, 5.41) is 1.69. The lowest BCUT2D eigenvalue weighted by Gasteiger charge is -2.63. The predicted molar refractivity (Wildman–Crippen MR) is 115 cm³/mol. The summed E-state index contributed by atoms with van der Waals surface area (Å²) in [6.45, 7) is 30.3. The van der Waals surface area contributed by atoms with E-state index in [0.717, 1.165) is 0 Å². The second-order valence-electron chi connectivity index (χ2n) is 9.83. The number of hydrogen-bond donors (Lipinski definition) is 0. The van der Waals surface area contributed by atoms with Gasteiger partial charge < -0.3 is 17.3 Å². The second-order valence-corrected chi connectivity index (χ2v) is 16.0. The first-order chi connectivity index (χ1) is 11.2. The molecule has 0 N–H and O–H groups in total. The lowest BCUT2D eigenvalue weighted by molar-refractivity contribution is 0.368. The molecule has 0 saturated carbocycles. The summed E-state index contributed by atoms with van der Waals surface area (Å²) in [6.07, 6.45) is 5.16. The van der Waals surface area contributed by atoms with Gasteiger partial charge in [-0.15, -0.1) is 0 Å². The third kappa shape index (κ3) is 5.61. The molecule has 0 unspecified atom stereocenters. The molecule has 0 amide bonds. The van der Waals surface area contributed by atoms with E-state index in [2.05, 4.69) is 83.1 Å². The highest BCUT2D eigenvalue weighted by Crippen LogP contribution is 2.91. The molecular weight excluding hydrogens is 358 g/mol. The van der Waals surface area contributed by atoms with Gasteiger partial charge in [0, 0.05) is 7.26 Å². The van der Waals surface area contributed by atoms with Crippen LogP contribution in [0.3, 0.4) is 0 Å². The molecule has 6 heteroatoms. The van der Waals surface area contributed by atoms with Gasteiger partial charge in [-0.2, -0.15) is 0 Å². The van der Waals surface area contributed by atoms with E-state index in [1.807, 2.05) is 0 Å². The van der Waals surface area contributed by atoms with E-state index in [1.54, 1.807) is 0 Å². The summed E-state index contributed by atoms with van der Waals surface area (Å²) in [5.41, 5.74) is 0. The third-order valence-corrected chi connectivity index (χ3v) is 15.6. The van der Waals surface area contributed by atoms with Crippen LogP contribution in [0.25, 0.3) is 0 Å². The fourth-order valence-corrected chi connectivity index (χ4v) is 17.6. The van der Waals surface area contributed by atoms with Crippen LogP contribution in [-0.2, 0) is 0 Å². The molecule has 0 aliphatic rings. The highest BCUT2D eigenvalue weighted by atomic mass is 31.2. The molecule has 0 saturated heterocycles. The van der Waals surface area contributed by atoms with Crippen molar-refractivity contribution in [1.29, 1.82) is 0 Å². The Morgan fingerprint density at radius 2 is 0.615 bits per heavy atom. The molecule has 0 aliphatic carbocycles. The minimum atomic E-state index is -6.00. The first-order valence-electron chi connectivity index (χ1n) is 10.0. The van der Waals surface area contributed by atoms with Crippen LogP contribution in [0.15, 0.2) is 0 Å². The maximum Gasteiger partial charge on any atom is 0.673 e. The molecule has 26 heavy (non-hydrogen) atoms. The molecule has 0 aromatic rings. The number of hydrogen-bond acceptors (Lipinski definition) is 0. The Morgan fingerprint density at radius 1 is 0.500 bits per heavy atom. The minimum Gasteiger partial charge on any atom is -0.418 e. The van der Waals surface area contributed by atoms with Crippen molar-refractivity contribution in [3.63, 3.8) is 0 Å². The Hall–Kier alpha value is 0.215. The van der Waals surface area contributed by atoms with Crippen molar-refractivity contribution >= 4 is 14.5 Å². The SMILES string of the molecule is CCC(C)(C)[P+](C(C)(C)CC)(C(C)(C)CC)C(C)(C)CC.F[B-](F)(F)F. The molecular formula is C20H44BF4P. The van der Waals surface area contributed by atoms with Crippen LogP contribution < -0.4 is 0 Å². The first kappa shape index (κ1) is 28.4. The monoisotopic (exact) mass is 402 g/mol. The van der Waals surface area contributed by atoms with Crippen LogP contribution in [0.4, 0.5) is 17.3 Å². The Balaban J connectivity index is 0. The summed E-state index contributed by atoms with van der Waals surface area (Å²) in [7, 11) is -7.31. The van der Waals surface area contributed by atoms with Crippen molar-refractivity contribution in [1.82, 2.24) is 0 Å². The van der Waals surface area contributed by atoms with Gasteiger partial charge >= 0.3 is 7.25 Å². The average Bonchev–Trinajstić information content (AvgIpc) is 2.44. The molecule has 0 spiro atoms. The van der Waals surface area contributed by atoms with Crippen molar-refractivity contribution in [2.45, 2.75) is 129 Å². The Bertz CT molecular complexity index is 351. The van der Waals surface area contributed by atoms with Crippen LogP contribution in [0.5, 0.6) is 0 Å². The molecule has 0 heterocycles. The number of halogens is 4. The fraction of sp³-hybridized carbons (Fsp3) is 1.00. The van der Waals surface area contributed by atoms with Gasteiger partial charge in [-0.25, -0.2) is 0 Å². The van der Waals surface area contributed by atoms with Crippen molar-refractivity contribution in [3.8, 4) is 0 Å². The van der Waals surface area contributed by atoms with Gasteiger partial charge in [0.25, 0.3) is 0 Å². The molecule has 0 rings (SSSR count). The zero-order valence-electron chi connectivity index (χ0n) is 19.4. The standard InChI is InChI=1S/C20H44P.BF4/c1-13-17(5,6)21(18(7,8)14-2,19(9,10)15-3)20(11,12)16-4;2-1(3,4)5/h13-16H2,1-12H3;/q+1;-1.